The van der Waals surface area contributed by atoms with Crippen LogP contribution in [0, 0.1) is 18.2 Å². The fourth-order valence-corrected chi connectivity index (χ4v) is 10.8. The van der Waals surface area contributed by atoms with Crippen molar-refractivity contribution in [1.82, 2.24) is 15.0 Å². The van der Waals surface area contributed by atoms with Crippen molar-refractivity contribution >= 4 is 21.9 Å². The first-order valence-corrected chi connectivity index (χ1v) is 27.5. The summed E-state index contributed by atoms with van der Waals surface area (Å²) in [6.07, 6.45) is 9.20. The molecule has 0 N–H and O–H groups in total. The number of hydrogen-bond acceptors (Lipinski definition) is 4. The molecule has 4 nitrogen and oxygen atoms in total. The predicted octanol–water partition coefficient (Wildman–Crippen LogP) is 19.0. The summed E-state index contributed by atoms with van der Waals surface area (Å²) in [5.74, 6) is 0. The van der Waals surface area contributed by atoms with Gasteiger partial charge in [0.05, 0.1) is 0 Å². The fraction of sp³-hybridized carbons (Fsp3) is 0.160. The Labute approximate surface area is 485 Å². The summed E-state index contributed by atoms with van der Waals surface area (Å²) >= 11 is 0. The van der Waals surface area contributed by atoms with Crippen molar-refractivity contribution in [2.75, 3.05) is 0 Å². The number of para-hydroxylation sites is 1. The van der Waals surface area contributed by atoms with Gasteiger partial charge < -0.3 is 19.4 Å². The molecule has 0 spiro atoms. The molecule has 0 aliphatic carbocycles. The number of fused-ring (bicyclic) bond motifs is 3. The molecule has 80 heavy (non-hydrogen) atoms. The normalized spacial score (nSPS) is 11.7. The third-order valence-electron chi connectivity index (χ3n) is 15.3. The zero-order valence-corrected chi connectivity index (χ0v) is 48.6. The molecule has 0 aliphatic heterocycles. The summed E-state index contributed by atoms with van der Waals surface area (Å²) in [4.78, 5) is 14.2. The molecular weight excluding hydrogens is 1150 g/mol. The number of aromatic nitrogens is 3. The van der Waals surface area contributed by atoms with Gasteiger partial charge in [-0.3, -0.25) is 0 Å². The topological polar surface area (TPSA) is 51.8 Å². The van der Waals surface area contributed by atoms with Gasteiger partial charge in [-0.1, -0.05) is 186 Å². The fourth-order valence-electron chi connectivity index (χ4n) is 10.8. The molecule has 0 radical (unpaired) electrons. The molecule has 12 rings (SSSR count). The Bertz CT molecular complexity index is 4000. The molecule has 0 saturated heterocycles. The van der Waals surface area contributed by atoms with Gasteiger partial charge in [-0.15, -0.1) is 94.5 Å². The number of nitrogens with zero attached hydrogens (tertiary/aromatic N) is 3. The van der Waals surface area contributed by atoms with Gasteiger partial charge in [0.1, 0.15) is 11.2 Å². The summed E-state index contributed by atoms with van der Waals surface area (Å²) in [6.45, 7) is 13.4. The van der Waals surface area contributed by atoms with E-state index in [9.17, 15) is 0 Å². The Morgan fingerprint density at radius 1 is 0.350 bits per heavy atom. The van der Waals surface area contributed by atoms with Crippen LogP contribution in [0.1, 0.15) is 74.9 Å². The second-order valence-corrected chi connectivity index (χ2v) is 22.9. The first-order chi connectivity index (χ1) is 38.4. The van der Waals surface area contributed by atoms with E-state index in [1.165, 1.54) is 44.5 Å². The van der Waals surface area contributed by atoms with E-state index < -0.39 is 0 Å². The standard InChI is InChI=1S/C75H62N3O.Ir/c1-74(2,3)61-38-41-77-70(48-61)56-26-22-50(23-27-56)18-20-52-43-53(21-19-51-24-28-57(29-25-51)71-49-62(39-42-78-71)75(4,5)6)45-60(44-52)63-13-7-8-14-64(63)65-36-35-59(69-16-11-12-40-76-69)46-68(65)55-32-30-54(31-33-55)58-34-37-67-66-15-9-10-17-72(66)79-73(67)47-58;/h7-17,22-26,28,30-34,36-49H,18-21H2,1-6H3;/q-3;+3. The van der Waals surface area contributed by atoms with E-state index in [-0.39, 0.29) is 30.9 Å². The van der Waals surface area contributed by atoms with Gasteiger partial charge in [0, 0.05) is 29.4 Å². The van der Waals surface area contributed by atoms with Gasteiger partial charge in [-0.05, 0) is 127 Å². The Morgan fingerprint density at radius 2 is 0.887 bits per heavy atom. The summed E-state index contributed by atoms with van der Waals surface area (Å²) in [5, 5.41) is 2.26. The van der Waals surface area contributed by atoms with Crippen molar-refractivity contribution < 1.29 is 24.5 Å². The molecule has 4 heterocycles. The number of benzene rings is 8. The van der Waals surface area contributed by atoms with Crippen LogP contribution >= 0.6 is 0 Å². The first kappa shape index (κ1) is 53.7. The summed E-state index contributed by atoms with van der Waals surface area (Å²) in [6, 6.07) is 82.8. The molecule has 0 atom stereocenters. The second-order valence-electron chi connectivity index (χ2n) is 22.9. The van der Waals surface area contributed by atoms with Crippen LogP contribution in [-0.4, -0.2) is 15.0 Å². The van der Waals surface area contributed by atoms with Gasteiger partial charge in [0.25, 0.3) is 0 Å². The van der Waals surface area contributed by atoms with Crippen molar-refractivity contribution in [2.45, 2.75) is 78.1 Å². The average Bonchev–Trinajstić information content (AvgIpc) is 3.88. The minimum atomic E-state index is 0. The van der Waals surface area contributed by atoms with Gasteiger partial charge in [-0.25, -0.2) is 0 Å². The maximum atomic E-state index is 6.30. The molecule has 0 amide bonds. The van der Waals surface area contributed by atoms with Crippen molar-refractivity contribution in [1.29, 1.82) is 0 Å². The summed E-state index contributed by atoms with van der Waals surface area (Å²) in [5.41, 5.74) is 24.3. The van der Waals surface area contributed by atoms with Crippen molar-refractivity contribution in [3.63, 3.8) is 0 Å². The van der Waals surface area contributed by atoms with Crippen LogP contribution in [0.15, 0.2) is 223 Å². The number of rotatable bonds is 13. The minimum Gasteiger partial charge on any atom is -0.456 e. The monoisotopic (exact) mass is 1210 g/mol. The molecule has 8 aromatic carbocycles. The Balaban J connectivity index is 0.00000675. The van der Waals surface area contributed by atoms with Crippen LogP contribution < -0.4 is 0 Å². The molecule has 5 heteroatoms. The molecule has 12 aromatic rings. The molecule has 0 unspecified atom stereocenters. The van der Waals surface area contributed by atoms with Crippen LogP contribution in [0.25, 0.3) is 100 Å². The number of furan rings is 1. The number of hydrogen-bond donors (Lipinski definition) is 0. The SMILES string of the molecule is CC(C)(C)c1ccnc(-c2[c-]cc(CCc3cc(CCc4c[c-]c(-c5cc(C(C)(C)C)ccn5)cc4)cc(-c4ccccc4-c4c[c-]c(-c5ccccn5)cc4-c4ccc(-c5ccc6c(c5)oc5ccccc56)cc4)c3)cc2)c1.[Ir+3]. The Hall–Kier alpha value is -8.34. The zero-order valence-electron chi connectivity index (χ0n) is 46.2. The molecule has 4 aromatic heterocycles. The van der Waals surface area contributed by atoms with Crippen LogP contribution in [0.3, 0.4) is 0 Å². The molecule has 0 fully saturated rings. The molecule has 392 valence electrons. The largest absolute Gasteiger partial charge is 3.00 e. The predicted molar refractivity (Wildman–Crippen MR) is 327 cm³/mol. The summed E-state index contributed by atoms with van der Waals surface area (Å²) in [7, 11) is 0. The molecule has 0 saturated carbocycles. The quantitative estimate of drug-likeness (QED) is 0.108. The summed E-state index contributed by atoms with van der Waals surface area (Å²) < 4.78 is 6.30. The van der Waals surface area contributed by atoms with Gasteiger partial charge in [-0.2, -0.15) is 0 Å². The van der Waals surface area contributed by atoms with E-state index in [4.69, 9.17) is 19.4 Å². The van der Waals surface area contributed by atoms with E-state index in [2.05, 4.69) is 236 Å². The smallest absolute Gasteiger partial charge is 0.456 e. The van der Waals surface area contributed by atoms with Crippen molar-refractivity contribution in [3.05, 3.63) is 270 Å². The first-order valence-electron chi connectivity index (χ1n) is 27.5. The maximum absolute atomic E-state index is 6.30. The molecule has 0 bridgehead atoms. The van der Waals surface area contributed by atoms with Gasteiger partial charge in [0.2, 0.25) is 0 Å². The van der Waals surface area contributed by atoms with E-state index in [1.807, 2.05) is 42.9 Å². The maximum Gasteiger partial charge on any atom is 3.00 e. The molecule has 0 aliphatic rings. The van der Waals surface area contributed by atoms with Crippen LogP contribution in [-0.2, 0) is 56.6 Å². The van der Waals surface area contributed by atoms with Gasteiger partial charge in [0.15, 0.2) is 0 Å². The Morgan fingerprint density at radius 3 is 1.49 bits per heavy atom. The number of pyridine rings is 3. The average molecular weight is 1210 g/mol. The third-order valence-corrected chi connectivity index (χ3v) is 15.3. The third kappa shape index (κ3) is 11.7. The van der Waals surface area contributed by atoms with Crippen LogP contribution in [0.4, 0.5) is 0 Å². The van der Waals surface area contributed by atoms with Crippen LogP contribution in [0.5, 0.6) is 0 Å². The van der Waals surface area contributed by atoms with Gasteiger partial charge >= 0.3 is 20.1 Å². The van der Waals surface area contributed by atoms with E-state index in [1.54, 1.807) is 0 Å². The Kier molecular flexibility index (Phi) is 15.3. The molecular formula is C75H62IrN3O. The van der Waals surface area contributed by atoms with Crippen LogP contribution in [0.2, 0.25) is 0 Å². The van der Waals surface area contributed by atoms with Crippen molar-refractivity contribution in [3.8, 4) is 78.3 Å². The van der Waals surface area contributed by atoms with Crippen molar-refractivity contribution in [2.24, 2.45) is 0 Å². The van der Waals surface area contributed by atoms with E-state index in [0.717, 1.165) is 115 Å². The second kappa shape index (κ2) is 22.8. The minimum absolute atomic E-state index is 0. The zero-order chi connectivity index (χ0) is 54.1. The number of aryl methyl sites for hydroxylation is 4. The van der Waals surface area contributed by atoms with E-state index >= 15 is 0 Å². The van der Waals surface area contributed by atoms with E-state index in [0.29, 0.717) is 0 Å².